The van der Waals surface area contributed by atoms with Crippen LogP contribution in [0.4, 0.5) is 0 Å². The summed E-state index contributed by atoms with van der Waals surface area (Å²) in [4.78, 5) is 13.8. The minimum absolute atomic E-state index is 0.119. The van der Waals surface area contributed by atoms with E-state index in [1.807, 2.05) is 6.92 Å². The van der Waals surface area contributed by atoms with Gasteiger partial charge in [-0.15, -0.1) is 0 Å². The van der Waals surface area contributed by atoms with Gasteiger partial charge in [0.15, 0.2) is 0 Å². The van der Waals surface area contributed by atoms with Gasteiger partial charge < -0.3 is 14.7 Å². The molecule has 0 spiro atoms. The molecule has 1 fully saturated rings. The summed E-state index contributed by atoms with van der Waals surface area (Å²) in [5.41, 5.74) is -0.826. The number of nitrogens with zero attached hydrogens (tertiary/aromatic N) is 1. The Kier molecular flexibility index (Phi) is 6.09. The van der Waals surface area contributed by atoms with Crippen LogP contribution < -0.4 is 0 Å². The van der Waals surface area contributed by atoms with Gasteiger partial charge in [-0.25, -0.2) is 0 Å². The first kappa shape index (κ1) is 15.4. The van der Waals surface area contributed by atoms with Crippen molar-refractivity contribution in [2.24, 2.45) is 0 Å². The predicted octanol–water partition coefficient (Wildman–Crippen LogP) is 1.96. The molecular formula is C14H27NO3. The first-order chi connectivity index (χ1) is 8.42. The lowest BCUT2D eigenvalue weighted by atomic mass is 10.0. The molecular weight excluding hydrogens is 230 g/mol. The van der Waals surface area contributed by atoms with Gasteiger partial charge in [-0.05, 0) is 46.5 Å². The lowest BCUT2D eigenvalue weighted by Crippen LogP contribution is -2.42. The van der Waals surface area contributed by atoms with Crippen molar-refractivity contribution in [2.45, 2.75) is 64.6 Å². The Balaban J connectivity index is 2.32. The average molecular weight is 257 g/mol. The number of amides is 1. The van der Waals surface area contributed by atoms with Crippen molar-refractivity contribution in [3.05, 3.63) is 0 Å². The highest BCUT2D eigenvalue weighted by Crippen LogP contribution is 2.18. The Labute approximate surface area is 110 Å². The van der Waals surface area contributed by atoms with Crippen LogP contribution in [0.3, 0.4) is 0 Å². The molecule has 1 saturated heterocycles. The lowest BCUT2D eigenvalue weighted by molar-refractivity contribution is -0.135. The van der Waals surface area contributed by atoms with E-state index in [1.165, 1.54) is 6.42 Å². The van der Waals surface area contributed by atoms with Gasteiger partial charge in [0.25, 0.3) is 0 Å². The van der Waals surface area contributed by atoms with E-state index in [-0.39, 0.29) is 12.0 Å². The Hall–Kier alpha value is -0.610. The maximum atomic E-state index is 12.1. The quantitative estimate of drug-likeness (QED) is 0.791. The molecule has 1 N–H and O–H groups in total. The second-order valence-corrected chi connectivity index (χ2v) is 5.75. The predicted molar refractivity (Wildman–Crippen MR) is 71.4 cm³/mol. The maximum Gasteiger partial charge on any atom is 0.222 e. The fourth-order valence-electron chi connectivity index (χ4n) is 2.32. The van der Waals surface area contributed by atoms with E-state index in [0.717, 1.165) is 25.9 Å². The molecule has 4 nitrogen and oxygen atoms in total. The van der Waals surface area contributed by atoms with Crippen LogP contribution in [0.2, 0.25) is 0 Å². The number of aliphatic hydroxyl groups is 1. The fraction of sp³-hybridized carbons (Fsp3) is 0.929. The SMILES string of the molecule is CCN(CC(C)(C)O)C(=O)CCC1CCCCO1. The average Bonchev–Trinajstić information content (AvgIpc) is 2.33. The third kappa shape index (κ3) is 5.83. The number of carbonyl (C=O) groups excluding carboxylic acids is 1. The van der Waals surface area contributed by atoms with Crippen molar-refractivity contribution in [2.75, 3.05) is 19.7 Å². The molecule has 0 saturated carbocycles. The smallest absolute Gasteiger partial charge is 0.222 e. The van der Waals surface area contributed by atoms with Crippen LogP contribution >= 0.6 is 0 Å². The number of carbonyl (C=O) groups is 1. The summed E-state index contributed by atoms with van der Waals surface area (Å²) < 4.78 is 5.62. The van der Waals surface area contributed by atoms with Gasteiger partial charge in [0.1, 0.15) is 0 Å². The van der Waals surface area contributed by atoms with E-state index in [4.69, 9.17) is 4.74 Å². The Morgan fingerprint density at radius 1 is 1.44 bits per heavy atom. The van der Waals surface area contributed by atoms with Gasteiger partial charge in [-0.1, -0.05) is 0 Å². The molecule has 1 heterocycles. The monoisotopic (exact) mass is 257 g/mol. The van der Waals surface area contributed by atoms with Crippen molar-refractivity contribution < 1.29 is 14.6 Å². The van der Waals surface area contributed by atoms with Crippen LogP contribution in [0.15, 0.2) is 0 Å². The third-order valence-electron chi connectivity index (χ3n) is 3.27. The topological polar surface area (TPSA) is 49.8 Å². The van der Waals surface area contributed by atoms with E-state index in [2.05, 4.69) is 0 Å². The second-order valence-electron chi connectivity index (χ2n) is 5.75. The molecule has 1 aliphatic heterocycles. The van der Waals surface area contributed by atoms with Gasteiger partial charge in [-0.2, -0.15) is 0 Å². The van der Waals surface area contributed by atoms with Gasteiger partial charge in [0.05, 0.1) is 11.7 Å². The fourth-order valence-corrected chi connectivity index (χ4v) is 2.32. The molecule has 4 heteroatoms. The third-order valence-corrected chi connectivity index (χ3v) is 3.27. The summed E-state index contributed by atoms with van der Waals surface area (Å²) in [7, 11) is 0. The molecule has 1 unspecified atom stereocenters. The van der Waals surface area contributed by atoms with Crippen LogP contribution in [0.25, 0.3) is 0 Å². The van der Waals surface area contributed by atoms with E-state index >= 15 is 0 Å². The molecule has 18 heavy (non-hydrogen) atoms. The molecule has 0 radical (unpaired) electrons. The number of hydrogen-bond acceptors (Lipinski definition) is 3. The summed E-state index contributed by atoms with van der Waals surface area (Å²) >= 11 is 0. The first-order valence-corrected chi connectivity index (χ1v) is 7.04. The highest BCUT2D eigenvalue weighted by molar-refractivity contribution is 5.76. The number of ether oxygens (including phenoxy) is 1. The first-order valence-electron chi connectivity index (χ1n) is 7.04. The Morgan fingerprint density at radius 2 is 2.17 bits per heavy atom. The van der Waals surface area contributed by atoms with Gasteiger partial charge >= 0.3 is 0 Å². The van der Waals surface area contributed by atoms with Crippen molar-refractivity contribution in [3.8, 4) is 0 Å². The zero-order valence-corrected chi connectivity index (χ0v) is 11.9. The van der Waals surface area contributed by atoms with Crippen LogP contribution in [0.5, 0.6) is 0 Å². The van der Waals surface area contributed by atoms with Gasteiger partial charge in [0.2, 0.25) is 5.91 Å². The van der Waals surface area contributed by atoms with Crippen LogP contribution in [0.1, 0.15) is 52.9 Å². The number of rotatable bonds is 6. The number of hydrogen-bond donors (Lipinski definition) is 1. The lowest BCUT2D eigenvalue weighted by Gasteiger charge is -2.29. The van der Waals surface area contributed by atoms with Crippen molar-refractivity contribution in [3.63, 3.8) is 0 Å². The molecule has 1 atom stereocenters. The summed E-state index contributed by atoms with van der Waals surface area (Å²) in [6, 6.07) is 0. The highest BCUT2D eigenvalue weighted by atomic mass is 16.5. The number of likely N-dealkylation sites (N-methyl/N-ethyl adjacent to an activating group) is 1. The maximum absolute atomic E-state index is 12.1. The van der Waals surface area contributed by atoms with Crippen LogP contribution in [0, 0.1) is 0 Å². The van der Waals surface area contributed by atoms with E-state index in [1.54, 1.807) is 18.7 Å². The molecule has 1 amide bonds. The standard InChI is InChI=1S/C14H27NO3/c1-4-15(11-14(2,3)17)13(16)9-8-12-7-5-6-10-18-12/h12,17H,4-11H2,1-3H3. The summed E-state index contributed by atoms with van der Waals surface area (Å²) in [5, 5.41) is 9.77. The minimum atomic E-state index is -0.826. The van der Waals surface area contributed by atoms with Crippen LogP contribution in [-0.4, -0.2) is 47.3 Å². The van der Waals surface area contributed by atoms with Crippen molar-refractivity contribution >= 4 is 5.91 Å². The minimum Gasteiger partial charge on any atom is -0.389 e. The highest BCUT2D eigenvalue weighted by Gasteiger charge is 2.22. The summed E-state index contributed by atoms with van der Waals surface area (Å²) in [6.07, 6.45) is 5.01. The summed E-state index contributed by atoms with van der Waals surface area (Å²) in [6.45, 7) is 7.28. The van der Waals surface area contributed by atoms with Crippen molar-refractivity contribution in [1.29, 1.82) is 0 Å². The second kappa shape index (κ2) is 7.10. The normalized spacial score (nSPS) is 20.8. The molecule has 0 aliphatic carbocycles. The van der Waals surface area contributed by atoms with Gasteiger partial charge in [-0.3, -0.25) is 4.79 Å². The van der Waals surface area contributed by atoms with E-state index < -0.39 is 5.60 Å². The van der Waals surface area contributed by atoms with Crippen LogP contribution in [-0.2, 0) is 9.53 Å². The molecule has 0 aromatic heterocycles. The molecule has 1 aliphatic rings. The molecule has 0 aromatic rings. The van der Waals surface area contributed by atoms with E-state index in [0.29, 0.717) is 19.5 Å². The van der Waals surface area contributed by atoms with Crippen molar-refractivity contribution in [1.82, 2.24) is 4.90 Å². The zero-order valence-electron chi connectivity index (χ0n) is 11.9. The van der Waals surface area contributed by atoms with Gasteiger partial charge in [0, 0.05) is 26.1 Å². The van der Waals surface area contributed by atoms with E-state index in [9.17, 15) is 9.90 Å². The molecule has 0 aromatic carbocycles. The molecule has 1 rings (SSSR count). The summed E-state index contributed by atoms with van der Waals surface area (Å²) in [5.74, 6) is 0.119. The zero-order chi connectivity index (χ0) is 13.6. The molecule has 0 bridgehead atoms. The largest absolute Gasteiger partial charge is 0.389 e. The molecule has 106 valence electrons. The Bertz CT molecular complexity index is 254. The Morgan fingerprint density at radius 3 is 2.67 bits per heavy atom.